The Morgan fingerprint density at radius 2 is 2.05 bits per heavy atom. The van der Waals surface area contributed by atoms with Crippen molar-refractivity contribution in [3.63, 3.8) is 0 Å². The van der Waals surface area contributed by atoms with Crippen molar-refractivity contribution in [1.82, 2.24) is 4.90 Å². The number of piperidine rings is 1. The number of nitrogens with two attached hydrogens (primary N) is 1. The molecule has 1 saturated heterocycles. The van der Waals surface area contributed by atoms with Crippen molar-refractivity contribution in [1.29, 1.82) is 0 Å². The van der Waals surface area contributed by atoms with Crippen LogP contribution in [0.15, 0.2) is 24.3 Å². The number of aliphatic hydroxyl groups is 1. The van der Waals surface area contributed by atoms with Gasteiger partial charge in [-0.2, -0.15) is 0 Å². The summed E-state index contributed by atoms with van der Waals surface area (Å²) in [4.78, 5) is 2.31. The summed E-state index contributed by atoms with van der Waals surface area (Å²) in [6.45, 7) is 4.63. The summed E-state index contributed by atoms with van der Waals surface area (Å²) in [5.41, 5.74) is 7.23. The maximum atomic E-state index is 12.9. The molecule has 3 atom stereocenters. The largest absolute Gasteiger partial charge is 0.393 e. The molecule has 112 valence electrons. The first-order valence-electron chi connectivity index (χ1n) is 7.47. The van der Waals surface area contributed by atoms with E-state index >= 15 is 0 Å². The van der Waals surface area contributed by atoms with Crippen molar-refractivity contribution in [2.24, 2.45) is 11.7 Å². The van der Waals surface area contributed by atoms with Gasteiger partial charge in [0.15, 0.2) is 0 Å². The van der Waals surface area contributed by atoms with E-state index in [4.69, 9.17) is 5.73 Å². The first-order valence-corrected chi connectivity index (χ1v) is 7.47. The van der Waals surface area contributed by atoms with Crippen molar-refractivity contribution in [3.8, 4) is 0 Å². The van der Waals surface area contributed by atoms with Crippen LogP contribution in [0.3, 0.4) is 0 Å². The average Bonchev–Trinajstić information content (AvgIpc) is 2.40. The summed E-state index contributed by atoms with van der Waals surface area (Å²) in [7, 11) is 0. The minimum Gasteiger partial charge on any atom is -0.393 e. The van der Waals surface area contributed by atoms with Gasteiger partial charge in [-0.05, 0) is 42.9 Å². The molecular formula is C16H25FN2O. The molecule has 0 amide bonds. The second-order valence-electron chi connectivity index (χ2n) is 5.98. The van der Waals surface area contributed by atoms with E-state index in [0.717, 1.165) is 44.5 Å². The van der Waals surface area contributed by atoms with Crippen LogP contribution < -0.4 is 5.73 Å². The Morgan fingerprint density at radius 3 is 2.70 bits per heavy atom. The van der Waals surface area contributed by atoms with Crippen LogP contribution >= 0.6 is 0 Å². The van der Waals surface area contributed by atoms with E-state index in [2.05, 4.69) is 4.90 Å². The molecule has 1 fully saturated rings. The van der Waals surface area contributed by atoms with Gasteiger partial charge in [0.1, 0.15) is 5.82 Å². The number of hydrogen-bond acceptors (Lipinski definition) is 3. The molecule has 1 aliphatic heterocycles. The monoisotopic (exact) mass is 280 g/mol. The molecule has 20 heavy (non-hydrogen) atoms. The Labute approximate surface area is 120 Å². The third kappa shape index (κ3) is 4.54. The Morgan fingerprint density at radius 1 is 1.35 bits per heavy atom. The highest BCUT2D eigenvalue weighted by Crippen LogP contribution is 2.23. The molecule has 1 heterocycles. The molecule has 0 spiro atoms. The molecule has 0 bridgehead atoms. The van der Waals surface area contributed by atoms with Crippen LogP contribution in [-0.2, 0) is 6.54 Å². The highest BCUT2D eigenvalue weighted by Gasteiger charge is 2.26. The molecule has 0 saturated carbocycles. The van der Waals surface area contributed by atoms with E-state index < -0.39 is 0 Å². The molecule has 2 rings (SSSR count). The highest BCUT2D eigenvalue weighted by atomic mass is 19.1. The predicted octanol–water partition coefficient (Wildman–Crippen LogP) is 2.14. The Hall–Kier alpha value is -0.970. The average molecular weight is 280 g/mol. The van der Waals surface area contributed by atoms with Crippen LogP contribution in [-0.4, -0.2) is 35.2 Å². The van der Waals surface area contributed by atoms with E-state index in [0.29, 0.717) is 5.92 Å². The maximum absolute atomic E-state index is 12.9. The van der Waals surface area contributed by atoms with Crippen molar-refractivity contribution >= 4 is 0 Å². The topological polar surface area (TPSA) is 49.5 Å². The summed E-state index contributed by atoms with van der Waals surface area (Å²) in [6, 6.07) is 6.81. The second-order valence-corrected chi connectivity index (χ2v) is 5.98. The van der Waals surface area contributed by atoms with E-state index in [-0.39, 0.29) is 18.0 Å². The number of aliphatic hydroxyl groups excluding tert-OH is 1. The lowest BCUT2D eigenvalue weighted by molar-refractivity contribution is 0.0876. The summed E-state index contributed by atoms with van der Waals surface area (Å²) in [6.07, 6.45) is 2.38. The Bertz CT molecular complexity index is 409. The van der Waals surface area contributed by atoms with Gasteiger partial charge in [0.25, 0.3) is 0 Å². The van der Waals surface area contributed by atoms with Crippen LogP contribution in [0.2, 0.25) is 0 Å². The van der Waals surface area contributed by atoms with Gasteiger partial charge < -0.3 is 10.8 Å². The molecule has 3 N–H and O–H groups in total. The van der Waals surface area contributed by atoms with Crippen molar-refractivity contribution in [3.05, 3.63) is 35.6 Å². The fraction of sp³-hybridized carbons (Fsp3) is 0.625. The van der Waals surface area contributed by atoms with E-state index in [9.17, 15) is 9.50 Å². The molecule has 3 nitrogen and oxygen atoms in total. The predicted molar refractivity (Wildman–Crippen MR) is 78.7 cm³/mol. The standard InChI is InChI=1S/C16H25FN2O/c1-2-16(20)8-13-7-15(18)11-19(10-13)9-12-3-5-14(17)6-4-12/h3-6,13,15-16,20H,2,7-11,18H2,1H3. The first-order chi connectivity index (χ1) is 9.56. The number of rotatable bonds is 5. The summed E-state index contributed by atoms with van der Waals surface area (Å²) >= 11 is 0. The number of benzene rings is 1. The molecule has 0 aliphatic carbocycles. The van der Waals surface area contributed by atoms with Gasteiger partial charge in [-0.3, -0.25) is 4.90 Å². The third-order valence-electron chi connectivity index (χ3n) is 4.04. The first kappa shape index (κ1) is 15.4. The van der Waals surface area contributed by atoms with E-state index in [1.807, 2.05) is 19.1 Å². The fourth-order valence-corrected chi connectivity index (χ4v) is 3.05. The fourth-order valence-electron chi connectivity index (χ4n) is 3.05. The highest BCUT2D eigenvalue weighted by molar-refractivity contribution is 5.16. The lowest BCUT2D eigenvalue weighted by Gasteiger charge is -2.37. The van der Waals surface area contributed by atoms with Gasteiger partial charge in [-0.25, -0.2) is 4.39 Å². The Balaban J connectivity index is 1.92. The molecule has 1 aromatic rings. The minimum absolute atomic E-state index is 0.165. The minimum atomic E-state index is -0.224. The summed E-state index contributed by atoms with van der Waals surface area (Å²) in [5.74, 6) is 0.252. The zero-order valence-electron chi connectivity index (χ0n) is 12.1. The maximum Gasteiger partial charge on any atom is 0.123 e. The summed E-state index contributed by atoms with van der Waals surface area (Å²) < 4.78 is 12.9. The molecule has 3 unspecified atom stereocenters. The molecule has 1 aliphatic rings. The second kappa shape index (κ2) is 7.16. The van der Waals surface area contributed by atoms with E-state index in [1.54, 1.807) is 0 Å². The van der Waals surface area contributed by atoms with Crippen LogP contribution in [0.4, 0.5) is 4.39 Å². The van der Waals surface area contributed by atoms with Gasteiger partial charge in [-0.1, -0.05) is 19.1 Å². The van der Waals surface area contributed by atoms with Crippen molar-refractivity contribution in [2.75, 3.05) is 13.1 Å². The van der Waals surface area contributed by atoms with Crippen LogP contribution in [0.1, 0.15) is 31.7 Å². The number of hydrogen-bond donors (Lipinski definition) is 2. The van der Waals surface area contributed by atoms with Gasteiger partial charge in [0, 0.05) is 25.7 Å². The SMILES string of the molecule is CCC(O)CC1CC(N)CN(Cc2ccc(F)cc2)C1. The molecule has 0 radical (unpaired) electrons. The third-order valence-corrected chi connectivity index (χ3v) is 4.04. The number of nitrogens with zero attached hydrogens (tertiary/aromatic N) is 1. The van der Waals surface area contributed by atoms with Crippen LogP contribution in [0, 0.1) is 11.7 Å². The number of halogens is 1. The smallest absolute Gasteiger partial charge is 0.123 e. The van der Waals surface area contributed by atoms with Gasteiger partial charge in [0.05, 0.1) is 6.10 Å². The summed E-state index contributed by atoms with van der Waals surface area (Å²) in [5, 5.41) is 9.80. The van der Waals surface area contributed by atoms with Gasteiger partial charge in [-0.15, -0.1) is 0 Å². The lowest BCUT2D eigenvalue weighted by Crippen LogP contribution is -2.47. The molecule has 4 heteroatoms. The molecule has 0 aromatic heterocycles. The van der Waals surface area contributed by atoms with E-state index in [1.165, 1.54) is 12.1 Å². The molecular weight excluding hydrogens is 255 g/mol. The molecule has 1 aromatic carbocycles. The van der Waals surface area contributed by atoms with Gasteiger partial charge >= 0.3 is 0 Å². The van der Waals surface area contributed by atoms with Crippen molar-refractivity contribution in [2.45, 2.75) is 44.9 Å². The normalized spacial score (nSPS) is 25.6. The van der Waals surface area contributed by atoms with Gasteiger partial charge in [0.2, 0.25) is 0 Å². The van der Waals surface area contributed by atoms with Crippen molar-refractivity contribution < 1.29 is 9.50 Å². The van der Waals surface area contributed by atoms with Crippen LogP contribution in [0.25, 0.3) is 0 Å². The van der Waals surface area contributed by atoms with Crippen LogP contribution in [0.5, 0.6) is 0 Å². The number of likely N-dealkylation sites (tertiary alicyclic amines) is 1. The zero-order chi connectivity index (χ0) is 14.5. The Kier molecular flexibility index (Phi) is 5.52. The zero-order valence-corrected chi connectivity index (χ0v) is 12.1. The quantitative estimate of drug-likeness (QED) is 0.869. The lowest BCUT2D eigenvalue weighted by atomic mass is 9.89.